The molecule has 3 aromatic rings. The van der Waals surface area contributed by atoms with Gasteiger partial charge in [-0.05, 0) is 43.5 Å². The fraction of sp³-hybridized carbons (Fsp3) is 0.304. The largest absolute Gasteiger partial charge is 0.424 e. The first-order valence-corrected chi connectivity index (χ1v) is 11.9. The van der Waals surface area contributed by atoms with Crippen LogP contribution in [0, 0.1) is 19.8 Å². The van der Waals surface area contributed by atoms with E-state index in [-0.39, 0.29) is 27.2 Å². The first kappa shape index (κ1) is 24.0. The van der Waals surface area contributed by atoms with E-state index in [1.807, 2.05) is 13.8 Å². The second-order valence-electron chi connectivity index (χ2n) is 7.75. The van der Waals surface area contributed by atoms with Gasteiger partial charge in [0.2, 0.25) is 10.0 Å². The maximum Gasteiger partial charge on any atom is 0.336 e. The zero-order chi connectivity index (χ0) is 23.6. The van der Waals surface area contributed by atoms with Crippen LogP contribution in [0.2, 0.25) is 5.02 Å². The summed E-state index contributed by atoms with van der Waals surface area (Å²) in [7, 11) is -3.97. The van der Waals surface area contributed by atoms with Crippen LogP contribution in [0.4, 0.5) is 0 Å². The number of ether oxygens (including phenoxy) is 1. The van der Waals surface area contributed by atoms with Crippen molar-refractivity contribution in [3.05, 3.63) is 69.0 Å². The number of hydrogen-bond donors (Lipinski definition) is 1. The van der Waals surface area contributed by atoms with Gasteiger partial charge in [0, 0.05) is 17.5 Å². The first-order chi connectivity index (χ1) is 15.0. The number of sulfonamides is 1. The van der Waals surface area contributed by atoms with Crippen molar-refractivity contribution in [2.45, 2.75) is 45.1 Å². The van der Waals surface area contributed by atoms with Crippen molar-refractivity contribution < 1.29 is 22.4 Å². The third kappa shape index (κ3) is 5.20. The number of nitrogens with one attached hydrogen (secondary N) is 1. The van der Waals surface area contributed by atoms with Gasteiger partial charge >= 0.3 is 11.6 Å². The Morgan fingerprint density at radius 1 is 1.16 bits per heavy atom. The summed E-state index contributed by atoms with van der Waals surface area (Å²) in [5.74, 6) is -1.20. The molecule has 0 saturated carbocycles. The van der Waals surface area contributed by atoms with E-state index in [4.69, 9.17) is 20.8 Å². The average Bonchev–Trinajstić information content (AvgIpc) is 2.73. The molecule has 0 spiro atoms. The summed E-state index contributed by atoms with van der Waals surface area (Å²) in [4.78, 5) is 24.7. The Labute approximate surface area is 191 Å². The summed E-state index contributed by atoms with van der Waals surface area (Å²) < 4.78 is 38.8. The number of rotatable bonds is 7. The molecule has 0 aliphatic heterocycles. The summed E-state index contributed by atoms with van der Waals surface area (Å²) >= 11 is 6.29. The zero-order valence-corrected chi connectivity index (χ0v) is 19.7. The van der Waals surface area contributed by atoms with E-state index in [0.29, 0.717) is 17.4 Å². The molecule has 0 amide bonds. The Balaban J connectivity index is 1.92. The van der Waals surface area contributed by atoms with Gasteiger partial charge in [0.1, 0.15) is 11.6 Å². The number of aryl methyl sites for hydroxylation is 2. The second kappa shape index (κ2) is 9.44. The highest BCUT2D eigenvalue weighted by Crippen LogP contribution is 2.31. The standard InChI is InChI=1S/C23H24ClNO6S/c1-5-14(3)22(25-32(28,29)16-8-6-13(2)7-9-16)23(27)31-20-12-19-17(11-18(20)24)15(4)10-21(26)30-19/h6-12,14,22,25H,5H2,1-4H3/t14-,22+/m0/s1. The summed E-state index contributed by atoms with van der Waals surface area (Å²) in [5, 5.41) is 0.736. The Hall–Kier alpha value is -2.68. The predicted octanol–water partition coefficient (Wildman–Crippen LogP) is 4.36. The first-order valence-electron chi connectivity index (χ1n) is 10.1. The second-order valence-corrected chi connectivity index (χ2v) is 9.87. The number of carbonyl (C=O) groups excluding carboxylic acids is 1. The molecule has 1 N–H and O–H groups in total. The van der Waals surface area contributed by atoms with Crippen LogP contribution in [0.15, 0.2) is 56.6 Å². The predicted molar refractivity (Wildman–Crippen MR) is 123 cm³/mol. The number of hydrogen-bond acceptors (Lipinski definition) is 6. The quantitative estimate of drug-likeness (QED) is 0.308. The minimum absolute atomic E-state index is 0.0271. The highest BCUT2D eigenvalue weighted by Gasteiger charge is 2.32. The number of halogens is 1. The van der Waals surface area contributed by atoms with E-state index in [9.17, 15) is 18.0 Å². The fourth-order valence-electron chi connectivity index (χ4n) is 3.15. The number of fused-ring (bicyclic) bond motifs is 1. The van der Waals surface area contributed by atoms with Crippen LogP contribution >= 0.6 is 11.6 Å². The Bertz CT molecular complexity index is 1310. The SMILES string of the molecule is CC[C@H](C)[C@@H](NS(=O)(=O)c1ccc(C)cc1)C(=O)Oc1cc2oc(=O)cc(C)c2cc1Cl. The molecule has 32 heavy (non-hydrogen) atoms. The molecule has 2 atom stereocenters. The van der Waals surface area contributed by atoms with Gasteiger partial charge in [0.25, 0.3) is 0 Å². The molecule has 3 rings (SSSR count). The van der Waals surface area contributed by atoms with Gasteiger partial charge in [-0.3, -0.25) is 0 Å². The highest BCUT2D eigenvalue weighted by atomic mass is 35.5. The molecule has 0 unspecified atom stereocenters. The van der Waals surface area contributed by atoms with Crippen molar-refractivity contribution >= 4 is 38.6 Å². The summed E-state index contributed by atoms with van der Waals surface area (Å²) in [6.45, 7) is 7.17. The van der Waals surface area contributed by atoms with Crippen LogP contribution in [0.3, 0.4) is 0 Å². The molecule has 0 radical (unpaired) electrons. The molecule has 0 bridgehead atoms. The monoisotopic (exact) mass is 477 g/mol. The van der Waals surface area contributed by atoms with Crippen LogP contribution < -0.4 is 15.1 Å². The molecule has 9 heteroatoms. The molecule has 2 aromatic carbocycles. The van der Waals surface area contributed by atoms with Crippen LogP contribution in [-0.2, 0) is 14.8 Å². The van der Waals surface area contributed by atoms with Gasteiger partial charge in [-0.25, -0.2) is 18.0 Å². The highest BCUT2D eigenvalue weighted by molar-refractivity contribution is 7.89. The lowest BCUT2D eigenvalue weighted by Gasteiger charge is -2.23. The summed E-state index contributed by atoms with van der Waals surface area (Å²) in [5.41, 5.74) is 1.24. The van der Waals surface area contributed by atoms with Crippen molar-refractivity contribution in [2.75, 3.05) is 0 Å². The van der Waals surface area contributed by atoms with E-state index < -0.39 is 27.7 Å². The van der Waals surface area contributed by atoms with E-state index in [1.54, 1.807) is 26.0 Å². The molecular formula is C23H24ClNO6S. The molecule has 0 saturated heterocycles. The normalized spacial score (nSPS) is 13.7. The third-order valence-corrected chi connectivity index (χ3v) is 7.05. The summed E-state index contributed by atoms with van der Waals surface area (Å²) in [6, 6.07) is 9.37. The summed E-state index contributed by atoms with van der Waals surface area (Å²) in [6.07, 6.45) is 0.524. The molecule has 0 aliphatic rings. The maximum absolute atomic E-state index is 13.0. The van der Waals surface area contributed by atoms with Crippen LogP contribution in [-0.4, -0.2) is 20.4 Å². The van der Waals surface area contributed by atoms with Crippen molar-refractivity contribution in [1.82, 2.24) is 4.72 Å². The van der Waals surface area contributed by atoms with Crippen molar-refractivity contribution in [2.24, 2.45) is 5.92 Å². The lowest BCUT2D eigenvalue weighted by atomic mass is 10.0. The molecule has 0 aliphatic carbocycles. The molecule has 1 aromatic heterocycles. The maximum atomic E-state index is 13.0. The number of benzene rings is 2. The van der Waals surface area contributed by atoms with E-state index >= 15 is 0 Å². The Kier molecular flexibility index (Phi) is 7.07. The van der Waals surface area contributed by atoms with Crippen molar-refractivity contribution in [3.63, 3.8) is 0 Å². The smallest absolute Gasteiger partial charge is 0.336 e. The van der Waals surface area contributed by atoms with Gasteiger partial charge in [0.15, 0.2) is 5.75 Å². The van der Waals surface area contributed by atoms with E-state index in [1.165, 1.54) is 30.3 Å². The minimum atomic E-state index is -3.97. The minimum Gasteiger partial charge on any atom is -0.424 e. The van der Waals surface area contributed by atoms with Gasteiger partial charge in [-0.2, -0.15) is 4.72 Å². The van der Waals surface area contributed by atoms with Crippen LogP contribution in [0.1, 0.15) is 31.4 Å². The van der Waals surface area contributed by atoms with Gasteiger partial charge in [0.05, 0.1) is 9.92 Å². The zero-order valence-electron chi connectivity index (χ0n) is 18.1. The lowest BCUT2D eigenvalue weighted by Crippen LogP contribution is -2.46. The van der Waals surface area contributed by atoms with Crippen molar-refractivity contribution in [3.8, 4) is 5.75 Å². The van der Waals surface area contributed by atoms with Crippen molar-refractivity contribution in [1.29, 1.82) is 0 Å². The fourth-order valence-corrected chi connectivity index (χ4v) is 4.65. The topological polar surface area (TPSA) is 103 Å². The van der Waals surface area contributed by atoms with Crippen LogP contribution in [0.5, 0.6) is 5.75 Å². The Morgan fingerprint density at radius 3 is 2.44 bits per heavy atom. The molecule has 7 nitrogen and oxygen atoms in total. The average molecular weight is 478 g/mol. The molecule has 1 heterocycles. The van der Waals surface area contributed by atoms with Gasteiger partial charge in [-0.15, -0.1) is 0 Å². The van der Waals surface area contributed by atoms with E-state index in [2.05, 4.69) is 4.72 Å². The number of esters is 1. The van der Waals surface area contributed by atoms with Gasteiger partial charge in [-0.1, -0.05) is 49.6 Å². The molecule has 170 valence electrons. The molecular weight excluding hydrogens is 454 g/mol. The van der Waals surface area contributed by atoms with Gasteiger partial charge < -0.3 is 9.15 Å². The molecule has 0 fully saturated rings. The Morgan fingerprint density at radius 2 is 1.81 bits per heavy atom. The number of carbonyl (C=O) groups is 1. The third-order valence-electron chi connectivity index (χ3n) is 5.29. The van der Waals surface area contributed by atoms with Crippen LogP contribution in [0.25, 0.3) is 11.0 Å². The lowest BCUT2D eigenvalue weighted by molar-refractivity contribution is -0.137. The van der Waals surface area contributed by atoms with E-state index in [0.717, 1.165) is 5.56 Å².